The Kier molecular flexibility index (Phi) is 7.85. The van der Waals surface area contributed by atoms with Gasteiger partial charge in [0.15, 0.2) is 5.60 Å². The van der Waals surface area contributed by atoms with Crippen molar-refractivity contribution in [3.8, 4) is 0 Å². The van der Waals surface area contributed by atoms with Crippen LogP contribution < -0.4 is 5.73 Å². The number of benzene rings is 3. The van der Waals surface area contributed by atoms with Crippen LogP contribution in [0.5, 0.6) is 0 Å². The fourth-order valence-corrected chi connectivity index (χ4v) is 5.33. The Hall–Kier alpha value is -2.62. The van der Waals surface area contributed by atoms with Gasteiger partial charge in [0.2, 0.25) is 0 Å². The molecule has 0 radical (unpaired) electrons. The maximum atomic E-state index is 12.7. The average molecular weight is 462 g/mol. The molecule has 4 rings (SSSR count). The van der Waals surface area contributed by atoms with E-state index in [1.807, 2.05) is 54.6 Å². The van der Waals surface area contributed by atoms with Gasteiger partial charge in [-0.3, -0.25) is 4.79 Å². The Labute approximate surface area is 201 Å². The van der Waals surface area contributed by atoms with Gasteiger partial charge >= 0.3 is 5.97 Å². The van der Waals surface area contributed by atoms with Crippen LogP contribution in [0.1, 0.15) is 73.1 Å². The Morgan fingerprint density at radius 3 is 2.03 bits per heavy atom. The number of carbonyl (C=O) groups is 1. The van der Waals surface area contributed by atoms with Crippen molar-refractivity contribution in [1.29, 1.82) is 0 Å². The molecule has 4 heteroatoms. The summed E-state index contributed by atoms with van der Waals surface area (Å²) in [6, 6.07) is 25.9. The van der Waals surface area contributed by atoms with Crippen molar-refractivity contribution in [2.45, 2.75) is 56.5 Å². The van der Waals surface area contributed by atoms with Gasteiger partial charge in [0, 0.05) is 21.7 Å². The molecule has 1 unspecified atom stereocenters. The zero-order valence-electron chi connectivity index (χ0n) is 19.0. The molecule has 0 heterocycles. The van der Waals surface area contributed by atoms with Crippen LogP contribution in [-0.2, 0) is 15.1 Å². The number of nitrogens with two attached hydrogens (primary N) is 1. The lowest BCUT2D eigenvalue weighted by Gasteiger charge is -2.36. The highest BCUT2D eigenvalue weighted by molar-refractivity contribution is 6.31. The topological polar surface area (TPSA) is 52.3 Å². The summed E-state index contributed by atoms with van der Waals surface area (Å²) in [4.78, 5) is 12.7. The molecule has 2 N–H and O–H groups in total. The van der Waals surface area contributed by atoms with Crippen molar-refractivity contribution < 1.29 is 9.53 Å². The molecule has 0 amide bonds. The van der Waals surface area contributed by atoms with Crippen molar-refractivity contribution in [2.75, 3.05) is 6.54 Å². The van der Waals surface area contributed by atoms with Crippen molar-refractivity contribution >= 4 is 17.6 Å². The largest absolute Gasteiger partial charge is 0.443 e. The van der Waals surface area contributed by atoms with Gasteiger partial charge < -0.3 is 10.5 Å². The third-order valence-electron chi connectivity index (χ3n) is 6.76. The maximum absolute atomic E-state index is 12.7. The van der Waals surface area contributed by atoms with Crippen LogP contribution in [-0.4, -0.2) is 12.5 Å². The molecular weight excluding hydrogens is 430 g/mol. The van der Waals surface area contributed by atoms with Crippen molar-refractivity contribution in [3.05, 3.63) is 106 Å². The second-order valence-corrected chi connectivity index (χ2v) is 9.28. The molecule has 0 aliphatic heterocycles. The predicted octanol–water partition coefficient (Wildman–Crippen LogP) is 6.96. The van der Waals surface area contributed by atoms with Gasteiger partial charge in [-0.25, -0.2) is 0 Å². The summed E-state index contributed by atoms with van der Waals surface area (Å²) in [5.74, 6) is 0.0975. The Bertz CT molecular complexity index is 1040. The molecule has 3 nitrogen and oxygen atoms in total. The summed E-state index contributed by atoms with van der Waals surface area (Å²) in [5, 5.41) is 0.537. The minimum atomic E-state index is -1.18. The minimum Gasteiger partial charge on any atom is -0.443 e. The van der Waals surface area contributed by atoms with E-state index in [9.17, 15) is 4.79 Å². The molecule has 1 saturated carbocycles. The summed E-state index contributed by atoms with van der Waals surface area (Å²) in [7, 11) is 0. The third kappa shape index (κ3) is 5.15. The monoisotopic (exact) mass is 461 g/mol. The average Bonchev–Trinajstić information content (AvgIpc) is 2.83. The van der Waals surface area contributed by atoms with Gasteiger partial charge in [-0.15, -0.1) is 0 Å². The fourth-order valence-electron chi connectivity index (χ4n) is 5.06. The van der Waals surface area contributed by atoms with Gasteiger partial charge in [-0.1, -0.05) is 117 Å². The van der Waals surface area contributed by atoms with Gasteiger partial charge in [0.25, 0.3) is 0 Å². The molecule has 33 heavy (non-hydrogen) atoms. The molecule has 0 bridgehead atoms. The van der Waals surface area contributed by atoms with Gasteiger partial charge in [-0.05, 0) is 30.4 Å². The molecule has 0 saturated heterocycles. The highest BCUT2D eigenvalue weighted by Gasteiger charge is 2.42. The molecule has 1 atom stereocenters. The van der Waals surface area contributed by atoms with E-state index in [-0.39, 0.29) is 6.54 Å². The lowest BCUT2D eigenvalue weighted by molar-refractivity contribution is -0.151. The number of esters is 1. The van der Waals surface area contributed by atoms with Crippen molar-refractivity contribution in [1.82, 2.24) is 0 Å². The third-order valence-corrected chi connectivity index (χ3v) is 7.09. The molecule has 3 aromatic carbocycles. The van der Waals surface area contributed by atoms with Crippen LogP contribution in [0.4, 0.5) is 0 Å². The van der Waals surface area contributed by atoms with E-state index >= 15 is 0 Å². The standard InChI is InChI=1S/C29H32ClNO2/c30-27-16-10-9-15-26(27)29(33-28(32)21-31,24-13-7-4-8-14-24)25-19-17-23(18-20-25)22-11-5-2-1-3-6-12-22/h4,7-10,13-20,22H,1-3,5-6,11-12,21,31H2. The number of hydrogen-bond donors (Lipinski definition) is 1. The Morgan fingerprint density at radius 1 is 0.818 bits per heavy atom. The van der Waals surface area contributed by atoms with Crippen LogP contribution in [0, 0.1) is 0 Å². The van der Waals surface area contributed by atoms with Gasteiger partial charge in [0.1, 0.15) is 0 Å². The van der Waals surface area contributed by atoms with Gasteiger partial charge in [-0.2, -0.15) is 0 Å². The minimum absolute atomic E-state index is 0.209. The van der Waals surface area contributed by atoms with E-state index in [0.717, 1.165) is 16.7 Å². The van der Waals surface area contributed by atoms with E-state index in [0.29, 0.717) is 10.9 Å². The van der Waals surface area contributed by atoms with Crippen LogP contribution in [0.2, 0.25) is 5.02 Å². The summed E-state index contributed by atoms with van der Waals surface area (Å²) < 4.78 is 6.20. The zero-order valence-corrected chi connectivity index (χ0v) is 19.8. The molecule has 1 aliphatic carbocycles. The number of halogens is 1. The Balaban J connectivity index is 1.83. The van der Waals surface area contributed by atoms with E-state index in [1.165, 1.54) is 50.5 Å². The maximum Gasteiger partial charge on any atom is 0.321 e. The number of hydrogen-bond acceptors (Lipinski definition) is 3. The highest BCUT2D eigenvalue weighted by Crippen LogP contribution is 2.44. The smallest absolute Gasteiger partial charge is 0.321 e. The number of rotatable bonds is 6. The quantitative estimate of drug-likeness (QED) is 0.318. The van der Waals surface area contributed by atoms with Crippen LogP contribution in [0.3, 0.4) is 0 Å². The lowest BCUT2D eigenvalue weighted by Crippen LogP contribution is -2.37. The van der Waals surface area contributed by atoms with E-state index in [1.54, 1.807) is 0 Å². The van der Waals surface area contributed by atoms with Crippen LogP contribution in [0.15, 0.2) is 78.9 Å². The van der Waals surface area contributed by atoms with E-state index in [2.05, 4.69) is 24.3 Å². The summed E-state index contributed by atoms with van der Waals surface area (Å²) in [6.45, 7) is -0.209. The van der Waals surface area contributed by atoms with Crippen molar-refractivity contribution in [3.63, 3.8) is 0 Å². The number of carbonyl (C=O) groups excluding carboxylic acids is 1. The summed E-state index contributed by atoms with van der Waals surface area (Å²) in [5.41, 5.74) is 8.27. The molecule has 1 aliphatic rings. The summed E-state index contributed by atoms with van der Waals surface area (Å²) in [6.07, 6.45) is 9.05. The Morgan fingerprint density at radius 2 is 1.39 bits per heavy atom. The SMILES string of the molecule is NCC(=O)OC(c1ccccc1)(c1ccc(C2CCCCCCC2)cc1)c1ccccc1Cl. The molecular formula is C29H32ClNO2. The second-order valence-electron chi connectivity index (χ2n) is 8.87. The first-order valence-electron chi connectivity index (χ1n) is 12.0. The molecule has 1 fully saturated rings. The molecule has 0 aromatic heterocycles. The van der Waals surface area contributed by atoms with E-state index < -0.39 is 11.6 Å². The second kappa shape index (κ2) is 11.0. The molecule has 3 aromatic rings. The highest BCUT2D eigenvalue weighted by atomic mass is 35.5. The van der Waals surface area contributed by atoms with Crippen LogP contribution in [0.25, 0.3) is 0 Å². The predicted molar refractivity (Wildman–Crippen MR) is 134 cm³/mol. The normalized spacial score (nSPS) is 16.9. The molecule has 0 spiro atoms. The zero-order chi connectivity index (χ0) is 23.1. The fraction of sp³-hybridized carbons (Fsp3) is 0.345. The van der Waals surface area contributed by atoms with E-state index in [4.69, 9.17) is 22.1 Å². The number of ether oxygens (including phenoxy) is 1. The first kappa shape index (κ1) is 23.5. The lowest BCUT2D eigenvalue weighted by atomic mass is 9.78. The first-order chi connectivity index (χ1) is 16.1. The molecule has 172 valence electrons. The first-order valence-corrected chi connectivity index (χ1v) is 12.4. The summed E-state index contributed by atoms with van der Waals surface area (Å²) >= 11 is 6.70. The van der Waals surface area contributed by atoms with Crippen molar-refractivity contribution in [2.24, 2.45) is 5.73 Å². The van der Waals surface area contributed by atoms with Crippen LogP contribution >= 0.6 is 11.6 Å². The van der Waals surface area contributed by atoms with Gasteiger partial charge in [0.05, 0.1) is 6.54 Å².